The zero-order valence-corrected chi connectivity index (χ0v) is 30.5. The summed E-state index contributed by atoms with van der Waals surface area (Å²) in [5.74, 6) is 0.854. The number of benzene rings is 3. The first-order valence-corrected chi connectivity index (χ1v) is 19.0. The van der Waals surface area contributed by atoms with E-state index >= 15 is 0 Å². The van der Waals surface area contributed by atoms with E-state index in [1.165, 1.54) is 43.1 Å². The average molecular weight is 717 g/mol. The van der Waals surface area contributed by atoms with E-state index in [1.54, 1.807) is 6.07 Å². The van der Waals surface area contributed by atoms with Gasteiger partial charge in [-0.05, 0) is 85.1 Å². The molecule has 0 amide bonds. The van der Waals surface area contributed by atoms with Crippen molar-refractivity contribution in [2.24, 2.45) is 5.10 Å². The monoisotopic (exact) mass is 716 g/mol. The molecule has 1 aliphatic rings. The molecule has 3 heterocycles. The van der Waals surface area contributed by atoms with Crippen LogP contribution >= 0.6 is 11.3 Å². The number of rotatable bonds is 18. The number of hydrazone groups is 1. The molecule has 0 radical (unpaired) electrons. The molecule has 9 nitrogen and oxygen atoms in total. The Balaban J connectivity index is 1.33. The fraction of sp³-hybridized carbons (Fsp3) is 0.333. The largest absolute Gasteiger partial charge is 0.493 e. The molecule has 10 heteroatoms. The van der Waals surface area contributed by atoms with E-state index in [4.69, 9.17) is 19.0 Å². The Kier molecular flexibility index (Phi) is 12.4. The van der Waals surface area contributed by atoms with E-state index in [2.05, 4.69) is 31.0 Å². The Morgan fingerprint density at radius 1 is 0.942 bits per heavy atom. The third kappa shape index (κ3) is 9.09. The van der Waals surface area contributed by atoms with E-state index in [9.17, 15) is 15.2 Å². The standard InChI is InChI=1S/C42H44N4O5S/c1-3-5-7-11-21-49-33-23-30(24-34(26-33)50-22-12-8-6-4-2)38-27-37(40-20-19-35(52-40)25-31(28-43)42(47)48)45-46(38)32-17-15-29(16-18-32)41-44-36-13-9-10-14-39(36)51-41/h9-10,13-20,23-26,38H,3-8,11-12,21-22,27H2,1-2H3,(H,47,48)/b31-25+. The highest BCUT2D eigenvalue weighted by atomic mass is 32.1. The molecular weight excluding hydrogens is 673 g/mol. The third-order valence-electron chi connectivity index (χ3n) is 8.95. The minimum Gasteiger partial charge on any atom is -0.493 e. The van der Waals surface area contributed by atoms with Crippen LogP contribution in [0.1, 0.15) is 93.0 Å². The molecule has 268 valence electrons. The summed E-state index contributed by atoms with van der Waals surface area (Å²) in [4.78, 5) is 17.7. The van der Waals surface area contributed by atoms with Crippen LogP contribution in [-0.4, -0.2) is 35.0 Å². The molecular formula is C42H44N4O5S. The second kappa shape index (κ2) is 17.7. The summed E-state index contributed by atoms with van der Waals surface area (Å²) in [6.07, 6.45) is 10.9. The Morgan fingerprint density at radius 2 is 1.63 bits per heavy atom. The molecule has 2 aromatic heterocycles. The number of nitriles is 1. The predicted octanol–water partition coefficient (Wildman–Crippen LogP) is 10.8. The highest BCUT2D eigenvalue weighted by Crippen LogP contribution is 2.41. The quantitative estimate of drug-likeness (QED) is 0.0540. The number of carboxylic acids is 1. The molecule has 0 spiro atoms. The van der Waals surface area contributed by atoms with Crippen LogP contribution in [0.4, 0.5) is 5.69 Å². The molecule has 1 N–H and O–H groups in total. The van der Waals surface area contributed by atoms with E-state index < -0.39 is 5.97 Å². The van der Waals surface area contributed by atoms with E-state index in [0.29, 0.717) is 30.4 Å². The smallest absolute Gasteiger partial charge is 0.346 e. The summed E-state index contributed by atoms with van der Waals surface area (Å²) in [6, 6.07) is 27.3. The molecule has 1 aliphatic heterocycles. The van der Waals surface area contributed by atoms with Crippen molar-refractivity contribution in [2.45, 2.75) is 77.7 Å². The van der Waals surface area contributed by atoms with Crippen molar-refractivity contribution in [2.75, 3.05) is 18.2 Å². The molecule has 1 atom stereocenters. The molecule has 52 heavy (non-hydrogen) atoms. The van der Waals surface area contributed by atoms with Crippen molar-refractivity contribution in [1.82, 2.24) is 4.98 Å². The van der Waals surface area contributed by atoms with Gasteiger partial charge in [0.1, 0.15) is 28.7 Å². The lowest BCUT2D eigenvalue weighted by molar-refractivity contribution is -0.132. The number of carbonyl (C=O) groups is 1. The van der Waals surface area contributed by atoms with Crippen LogP contribution in [0.5, 0.6) is 11.5 Å². The van der Waals surface area contributed by atoms with Gasteiger partial charge in [0.2, 0.25) is 5.89 Å². The first-order chi connectivity index (χ1) is 25.4. The Bertz CT molecular complexity index is 2010. The number of hydrogen-bond acceptors (Lipinski definition) is 9. The number of para-hydroxylation sites is 2. The van der Waals surface area contributed by atoms with E-state index in [0.717, 1.165) is 75.7 Å². The average Bonchev–Trinajstić information content (AvgIpc) is 3.92. The highest BCUT2D eigenvalue weighted by molar-refractivity contribution is 7.15. The number of anilines is 1. The summed E-state index contributed by atoms with van der Waals surface area (Å²) in [7, 11) is 0. The molecule has 3 aromatic carbocycles. The van der Waals surface area contributed by atoms with Gasteiger partial charge < -0.3 is 19.0 Å². The molecule has 0 aliphatic carbocycles. The van der Waals surface area contributed by atoms with Gasteiger partial charge in [-0.15, -0.1) is 11.3 Å². The van der Waals surface area contributed by atoms with Crippen LogP contribution in [0.25, 0.3) is 28.6 Å². The van der Waals surface area contributed by atoms with Gasteiger partial charge in [-0.1, -0.05) is 64.5 Å². The lowest BCUT2D eigenvalue weighted by atomic mass is 10.00. The van der Waals surface area contributed by atoms with Crippen LogP contribution in [0, 0.1) is 11.3 Å². The molecule has 1 unspecified atom stereocenters. The summed E-state index contributed by atoms with van der Waals surface area (Å²) < 4.78 is 18.7. The van der Waals surface area contributed by atoms with Crippen molar-refractivity contribution in [3.8, 4) is 29.0 Å². The van der Waals surface area contributed by atoms with Gasteiger partial charge in [0.15, 0.2) is 5.58 Å². The van der Waals surface area contributed by atoms with Gasteiger partial charge in [-0.3, -0.25) is 5.01 Å². The lowest BCUT2D eigenvalue weighted by Crippen LogP contribution is -2.18. The molecule has 0 saturated heterocycles. The van der Waals surface area contributed by atoms with Crippen LogP contribution in [-0.2, 0) is 4.79 Å². The first kappa shape index (κ1) is 36.4. The molecule has 0 saturated carbocycles. The van der Waals surface area contributed by atoms with Crippen molar-refractivity contribution in [1.29, 1.82) is 5.26 Å². The number of oxazole rings is 1. The number of unbranched alkanes of at least 4 members (excludes halogenated alkanes) is 6. The summed E-state index contributed by atoms with van der Waals surface area (Å²) >= 11 is 1.41. The fourth-order valence-electron chi connectivity index (χ4n) is 6.17. The summed E-state index contributed by atoms with van der Waals surface area (Å²) in [5, 5.41) is 25.9. The molecule has 5 aromatic rings. The van der Waals surface area contributed by atoms with Gasteiger partial charge in [0.25, 0.3) is 0 Å². The van der Waals surface area contributed by atoms with Crippen LogP contribution in [0.2, 0.25) is 0 Å². The van der Waals surface area contributed by atoms with Gasteiger partial charge in [-0.25, -0.2) is 9.78 Å². The number of nitrogens with zero attached hydrogens (tertiary/aromatic N) is 4. The SMILES string of the molecule is CCCCCCOc1cc(OCCCCCC)cc(C2CC(c3ccc(/C=C(\C#N)C(=O)O)s3)=NN2c2ccc(-c3nc4ccccc4o3)cc2)c1. The number of aromatic nitrogens is 1. The minimum atomic E-state index is -1.25. The van der Waals surface area contributed by atoms with E-state index in [-0.39, 0.29) is 11.6 Å². The maximum absolute atomic E-state index is 11.5. The highest BCUT2D eigenvalue weighted by Gasteiger charge is 2.32. The minimum absolute atomic E-state index is 0.175. The van der Waals surface area contributed by atoms with Crippen LogP contribution in [0.15, 0.2) is 94.0 Å². The molecule has 0 fully saturated rings. The fourth-order valence-corrected chi connectivity index (χ4v) is 7.11. The van der Waals surface area contributed by atoms with Gasteiger partial charge in [0, 0.05) is 22.9 Å². The number of aliphatic carboxylic acids is 1. The zero-order valence-electron chi connectivity index (χ0n) is 29.7. The second-order valence-corrected chi connectivity index (χ2v) is 14.0. The normalized spacial score (nSPS) is 14.4. The van der Waals surface area contributed by atoms with Crippen molar-refractivity contribution >= 4 is 45.9 Å². The first-order valence-electron chi connectivity index (χ1n) is 18.1. The number of thiophene rings is 1. The third-order valence-corrected chi connectivity index (χ3v) is 10.0. The van der Waals surface area contributed by atoms with Crippen molar-refractivity contribution in [3.05, 3.63) is 99.8 Å². The van der Waals surface area contributed by atoms with Crippen molar-refractivity contribution < 1.29 is 23.8 Å². The summed E-state index contributed by atoms with van der Waals surface area (Å²) in [6.45, 7) is 5.68. The second-order valence-electron chi connectivity index (χ2n) is 12.9. The van der Waals surface area contributed by atoms with Gasteiger partial charge in [0.05, 0.1) is 35.5 Å². The Labute approximate surface area is 308 Å². The number of hydrogen-bond donors (Lipinski definition) is 1. The maximum Gasteiger partial charge on any atom is 0.346 e. The summed E-state index contributed by atoms with van der Waals surface area (Å²) in [5.41, 5.74) is 4.86. The number of fused-ring (bicyclic) bond motifs is 1. The van der Waals surface area contributed by atoms with Crippen molar-refractivity contribution in [3.63, 3.8) is 0 Å². The molecule has 0 bridgehead atoms. The number of carboxylic acid groups (broad SMARTS) is 1. The Morgan fingerprint density at radius 3 is 2.27 bits per heavy atom. The topological polar surface area (TPSA) is 121 Å². The zero-order chi connectivity index (χ0) is 36.3. The predicted molar refractivity (Wildman–Crippen MR) is 207 cm³/mol. The van der Waals surface area contributed by atoms with E-state index in [1.807, 2.05) is 71.7 Å². The lowest BCUT2D eigenvalue weighted by Gasteiger charge is -2.25. The number of ether oxygens (including phenoxy) is 2. The van der Waals surface area contributed by atoms with Gasteiger partial charge >= 0.3 is 5.97 Å². The molecule has 6 rings (SSSR count). The van der Waals surface area contributed by atoms with Crippen LogP contribution in [0.3, 0.4) is 0 Å². The Hall–Kier alpha value is -5.40. The van der Waals surface area contributed by atoms with Crippen LogP contribution < -0.4 is 14.5 Å². The maximum atomic E-state index is 11.5. The van der Waals surface area contributed by atoms with Gasteiger partial charge in [-0.2, -0.15) is 10.4 Å².